The van der Waals surface area contributed by atoms with Gasteiger partial charge in [-0.3, -0.25) is 10.1 Å². The number of hydrogen-bond acceptors (Lipinski definition) is 6. The van der Waals surface area contributed by atoms with Gasteiger partial charge in [0, 0.05) is 11.8 Å². The molecule has 1 heterocycles. The number of ether oxygens (including phenoxy) is 3. The van der Waals surface area contributed by atoms with Crippen molar-refractivity contribution in [1.29, 1.82) is 0 Å². The number of carbonyl (C=O) groups excluding carboxylic acids is 3. The fraction of sp³-hybridized carbons (Fsp3) is 0.167. The smallest absolute Gasteiger partial charge is 0.340 e. The van der Waals surface area contributed by atoms with Crippen LogP contribution in [0.5, 0.6) is 11.5 Å². The number of rotatable bonds is 4. The lowest BCUT2D eigenvalue weighted by Gasteiger charge is -2.19. The lowest BCUT2D eigenvalue weighted by atomic mass is 10.2. The first-order valence-electron chi connectivity index (χ1n) is 8.05. The van der Waals surface area contributed by atoms with E-state index in [1.807, 2.05) is 5.32 Å². The fourth-order valence-electron chi connectivity index (χ4n) is 2.32. The van der Waals surface area contributed by atoms with Gasteiger partial charge >= 0.3 is 12.0 Å². The number of urea groups is 1. The zero-order valence-corrected chi connectivity index (χ0v) is 15.8. The zero-order chi connectivity index (χ0) is 20.1. The van der Waals surface area contributed by atoms with Crippen molar-refractivity contribution in [3.8, 4) is 11.5 Å². The molecule has 1 aliphatic heterocycles. The van der Waals surface area contributed by atoms with Crippen molar-refractivity contribution >= 4 is 46.8 Å². The van der Waals surface area contributed by atoms with Crippen LogP contribution in [0, 0.1) is 0 Å². The second-order valence-corrected chi connectivity index (χ2v) is 6.32. The molecule has 2 aromatic carbocycles. The van der Waals surface area contributed by atoms with E-state index >= 15 is 0 Å². The molecule has 0 saturated carbocycles. The molecule has 146 valence electrons. The Balaban J connectivity index is 1.50. The highest BCUT2D eigenvalue weighted by atomic mass is 35.5. The second-order valence-electron chi connectivity index (χ2n) is 5.54. The molecule has 0 saturated heterocycles. The third-order valence-corrected chi connectivity index (χ3v) is 4.38. The summed E-state index contributed by atoms with van der Waals surface area (Å²) in [5.74, 6) is -0.598. The van der Waals surface area contributed by atoms with Gasteiger partial charge in [-0.25, -0.2) is 9.59 Å². The van der Waals surface area contributed by atoms with Gasteiger partial charge in [0.2, 0.25) is 0 Å². The molecule has 0 bridgehead atoms. The van der Waals surface area contributed by atoms with Crippen LogP contribution in [-0.2, 0) is 9.53 Å². The summed E-state index contributed by atoms with van der Waals surface area (Å²) in [5, 5.41) is 4.72. The van der Waals surface area contributed by atoms with Crippen molar-refractivity contribution < 1.29 is 28.6 Å². The number of hydrogen-bond donors (Lipinski definition) is 2. The number of benzene rings is 2. The van der Waals surface area contributed by atoms with Crippen molar-refractivity contribution in [2.24, 2.45) is 0 Å². The van der Waals surface area contributed by atoms with Crippen molar-refractivity contribution in [2.75, 3.05) is 25.1 Å². The molecule has 0 aromatic heterocycles. The predicted molar refractivity (Wildman–Crippen MR) is 101 cm³/mol. The lowest BCUT2D eigenvalue weighted by molar-refractivity contribution is -0.123. The Morgan fingerprint density at radius 1 is 1.04 bits per heavy atom. The van der Waals surface area contributed by atoms with E-state index in [1.54, 1.807) is 18.2 Å². The summed E-state index contributed by atoms with van der Waals surface area (Å²) in [6, 6.07) is 8.45. The monoisotopic (exact) mass is 424 g/mol. The van der Waals surface area contributed by atoms with Gasteiger partial charge in [0.05, 0.1) is 15.6 Å². The molecule has 3 amide bonds. The molecule has 10 heteroatoms. The van der Waals surface area contributed by atoms with Crippen LogP contribution in [0.15, 0.2) is 36.4 Å². The number of esters is 1. The first-order chi connectivity index (χ1) is 13.4. The lowest BCUT2D eigenvalue weighted by Crippen LogP contribution is -2.37. The minimum absolute atomic E-state index is 0.0164. The second kappa shape index (κ2) is 8.81. The molecule has 2 aromatic rings. The highest BCUT2D eigenvalue weighted by Gasteiger charge is 2.17. The highest BCUT2D eigenvalue weighted by Crippen LogP contribution is 2.32. The molecule has 0 radical (unpaired) electrons. The molecule has 3 rings (SSSR count). The summed E-state index contributed by atoms with van der Waals surface area (Å²) in [6.45, 7) is 0.188. The number of halogens is 2. The summed E-state index contributed by atoms with van der Waals surface area (Å²) in [6.07, 6.45) is 0. The van der Waals surface area contributed by atoms with Crippen LogP contribution in [0.3, 0.4) is 0 Å². The molecular weight excluding hydrogens is 411 g/mol. The summed E-state index contributed by atoms with van der Waals surface area (Å²) < 4.78 is 15.6. The van der Waals surface area contributed by atoms with Gasteiger partial charge in [0.1, 0.15) is 13.2 Å². The largest absolute Gasteiger partial charge is 0.486 e. The summed E-state index contributed by atoms with van der Waals surface area (Å²) in [4.78, 5) is 35.7. The standard InChI is InChI=1S/C18H14Cl2N2O6/c19-12-3-1-2-11(16(12)20)17(24)28-9-15(23)22-18(25)21-10-4-5-13-14(8-10)27-7-6-26-13/h1-5,8H,6-7,9H2,(H2,21,22,23,25). The Hall–Kier alpha value is -2.97. The van der Waals surface area contributed by atoms with Crippen LogP contribution in [0.1, 0.15) is 10.4 Å². The maximum atomic E-state index is 12.0. The molecule has 0 unspecified atom stereocenters. The van der Waals surface area contributed by atoms with Crippen LogP contribution in [-0.4, -0.2) is 37.7 Å². The van der Waals surface area contributed by atoms with E-state index in [4.69, 9.17) is 37.4 Å². The molecule has 28 heavy (non-hydrogen) atoms. The van der Waals surface area contributed by atoms with E-state index in [0.29, 0.717) is 30.4 Å². The summed E-state index contributed by atoms with van der Waals surface area (Å²) >= 11 is 11.7. The number of anilines is 1. The Morgan fingerprint density at radius 3 is 2.57 bits per heavy atom. The Morgan fingerprint density at radius 2 is 1.79 bits per heavy atom. The van der Waals surface area contributed by atoms with E-state index < -0.39 is 24.5 Å². The van der Waals surface area contributed by atoms with Crippen molar-refractivity contribution in [1.82, 2.24) is 5.32 Å². The first kappa shape index (κ1) is 19.8. The average Bonchev–Trinajstić information content (AvgIpc) is 2.68. The Bertz CT molecular complexity index is 934. The Labute approximate surface area is 169 Å². The van der Waals surface area contributed by atoms with Gasteiger partial charge < -0.3 is 19.5 Å². The highest BCUT2D eigenvalue weighted by molar-refractivity contribution is 6.43. The SMILES string of the molecule is O=C(COC(=O)c1cccc(Cl)c1Cl)NC(=O)Nc1ccc2c(c1)OCCO2. The van der Waals surface area contributed by atoms with E-state index in [1.165, 1.54) is 18.2 Å². The molecular formula is C18H14Cl2N2O6. The molecule has 1 aliphatic rings. The summed E-state index contributed by atoms with van der Waals surface area (Å²) in [7, 11) is 0. The summed E-state index contributed by atoms with van der Waals surface area (Å²) in [5.41, 5.74) is 0.417. The Kier molecular flexibility index (Phi) is 6.23. The fourth-order valence-corrected chi connectivity index (χ4v) is 2.69. The van der Waals surface area contributed by atoms with Gasteiger partial charge in [-0.05, 0) is 24.3 Å². The van der Waals surface area contributed by atoms with E-state index in [9.17, 15) is 14.4 Å². The minimum atomic E-state index is -0.838. The van der Waals surface area contributed by atoms with Crippen molar-refractivity contribution in [3.63, 3.8) is 0 Å². The van der Waals surface area contributed by atoms with E-state index in [0.717, 1.165) is 0 Å². The number of carbonyl (C=O) groups is 3. The number of fused-ring (bicyclic) bond motifs is 1. The van der Waals surface area contributed by atoms with Crippen molar-refractivity contribution in [3.05, 3.63) is 52.0 Å². The molecule has 0 atom stereocenters. The maximum absolute atomic E-state index is 12.0. The topological polar surface area (TPSA) is 103 Å². The molecule has 8 nitrogen and oxygen atoms in total. The molecule has 0 spiro atoms. The van der Waals surface area contributed by atoms with Gasteiger partial charge in [-0.1, -0.05) is 29.3 Å². The van der Waals surface area contributed by atoms with Gasteiger partial charge in [-0.2, -0.15) is 0 Å². The van der Waals surface area contributed by atoms with E-state index in [-0.39, 0.29) is 15.6 Å². The number of imide groups is 1. The zero-order valence-electron chi connectivity index (χ0n) is 14.3. The molecule has 0 aliphatic carbocycles. The van der Waals surface area contributed by atoms with Gasteiger partial charge in [0.25, 0.3) is 5.91 Å². The van der Waals surface area contributed by atoms with Crippen LogP contribution >= 0.6 is 23.2 Å². The maximum Gasteiger partial charge on any atom is 0.340 e. The normalized spacial score (nSPS) is 12.1. The van der Waals surface area contributed by atoms with E-state index in [2.05, 4.69) is 5.32 Å². The van der Waals surface area contributed by atoms with Gasteiger partial charge in [-0.15, -0.1) is 0 Å². The third kappa shape index (κ3) is 4.85. The van der Waals surface area contributed by atoms with Crippen LogP contribution in [0.4, 0.5) is 10.5 Å². The predicted octanol–water partition coefficient (Wildman–Crippen LogP) is 3.27. The average molecular weight is 425 g/mol. The first-order valence-corrected chi connectivity index (χ1v) is 8.81. The third-order valence-electron chi connectivity index (χ3n) is 3.56. The van der Waals surface area contributed by atoms with Crippen LogP contribution in [0.2, 0.25) is 10.0 Å². The number of nitrogens with one attached hydrogen (secondary N) is 2. The molecule has 2 N–H and O–H groups in total. The quantitative estimate of drug-likeness (QED) is 0.729. The number of amides is 3. The van der Waals surface area contributed by atoms with Crippen molar-refractivity contribution in [2.45, 2.75) is 0 Å². The van der Waals surface area contributed by atoms with Gasteiger partial charge in [0.15, 0.2) is 18.1 Å². The molecule has 0 fully saturated rings. The van der Waals surface area contributed by atoms with Crippen LogP contribution < -0.4 is 20.1 Å². The van der Waals surface area contributed by atoms with Crippen LogP contribution in [0.25, 0.3) is 0 Å². The minimum Gasteiger partial charge on any atom is -0.486 e.